The van der Waals surface area contributed by atoms with Gasteiger partial charge in [0.25, 0.3) is 0 Å². The van der Waals surface area contributed by atoms with E-state index in [2.05, 4.69) is 10.4 Å². The van der Waals surface area contributed by atoms with Crippen molar-refractivity contribution in [3.05, 3.63) is 17.5 Å². The Morgan fingerprint density at radius 3 is 2.70 bits per heavy atom. The first-order chi connectivity index (χ1) is 10.5. The number of fused-ring (bicyclic) bond motifs is 1. The number of carbonyl (C=O) groups excluding carboxylic acids is 1. The van der Waals surface area contributed by atoms with Gasteiger partial charge in [-0.25, -0.2) is 8.42 Å². The molecule has 1 amide bonds. The normalized spacial score (nSPS) is 19.4. The van der Waals surface area contributed by atoms with Gasteiger partial charge in [0.15, 0.2) is 0 Å². The Morgan fingerprint density at radius 1 is 1.48 bits per heavy atom. The highest BCUT2D eigenvalue weighted by Gasteiger charge is 2.40. The third kappa shape index (κ3) is 4.02. The highest BCUT2D eigenvalue weighted by Crippen LogP contribution is 2.31. The maximum absolute atomic E-state index is 12.3. The van der Waals surface area contributed by atoms with Crippen LogP contribution in [-0.4, -0.2) is 53.9 Å². The van der Waals surface area contributed by atoms with Crippen molar-refractivity contribution >= 4 is 15.9 Å². The van der Waals surface area contributed by atoms with Crippen LogP contribution in [0, 0.1) is 0 Å². The molecule has 1 aromatic rings. The number of sulfonamides is 1. The fraction of sp³-hybridized carbons (Fsp3) is 0.667. The summed E-state index contributed by atoms with van der Waals surface area (Å²) in [5.74, 6) is -0.784. The van der Waals surface area contributed by atoms with Crippen molar-refractivity contribution in [1.29, 1.82) is 0 Å². The van der Waals surface area contributed by atoms with Crippen molar-refractivity contribution in [2.24, 2.45) is 7.05 Å². The Morgan fingerprint density at radius 2 is 2.13 bits per heavy atom. The number of nitrogens with one attached hydrogen (secondary N) is 1. The van der Waals surface area contributed by atoms with Gasteiger partial charge in [0.1, 0.15) is 6.04 Å². The van der Waals surface area contributed by atoms with Crippen molar-refractivity contribution in [2.45, 2.75) is 25.1 Å². The van der Waals surface area contributed by atoms with Crippen LogP contribution in [0.4, 0.5) is 13.2 Å². The molecule has 0 fully saturated rings. The molecule has 11 heteroatoms. The van der Waals surface area contributed by atoms with E-state index in [0.717, 1.165) is 10.6 Å². The van der Waals surface area contributed by atoms with Gasteiger partial charge in [0, 0.05) is 37.8 Å². The van der Waals surface area contributed by atoms with Crippen LogP contribution in [0.3, 0.4) is 0 Å². The SMILES string of the molecule is Cn1ncc2c1CCN(S(C)(=O)=O)C2C(=O)NCCC(F)(F)F. The van der Waals surface area contributed by atoms with Crippen molar-refractivity contribution in [1.82, 2.24) is 19.4 Å². The van der Waals surface area contributed by atoms with Crippen molar-refractivity contribution < 1.29 is 26.4 Å². The molecule has 1 aliphatic heterocycles. The number of aryl methyl sites for hydroxylation is 1. The molecule has 0 radical (unpaired) electrons. The molecule has 0 bridgehead atoms. The smallest absolute Gasteiger partial charge is 0.354 e. The van der Waals surface area contributed by atoms with Crippen molar-refractivity contribution in [2.75, 3.05) is 19.3 Å². The van der Waals surface area contributed by atoms with E-state index in [9.17, 15) is 26.4 Å². The monoisotopic (exact) mass is 354 g/mol. The van der Waals surface area contributed by atoms with Gasteiger partial charge in [-0.2, -0.15) is 22.6 Å². The molecule has 23 heavy (non-hydrogen) atoms. The first kappa shape index (κ1) is 17.7. The number of hydrogen-bond donors (Lipinski definition) is 1. The van der Waals surface area contributed by atoms with E-state index in [1.165, 1.54) is 10.9 Å². The minimum atomic E-state index is -4.39. The van der Waals surface area contributed by atoms with Gasteiger partial charge < -0.3 is 5.32 Å². The fourth-order valence-corrected chi connectivity index (χ4v) is 3.58. The molecule has 2 rings (SSSR count). The van der Waals surface area contributed by atoms with Gasteiger partial charge in [-0.15, -0.1) is 0 Å². The van der Waals surface area contributed by atoms with Crippen molar-refractivity contribution in [3.8, 4) is 0 Å². The molecule has 0 saturated heterocycles. The summed E-state index contributed by atoms with van der Waals surface area (Å²) in [5, 5.41) is 6.16. The quantitative estimate of drug-likeness (QED) is 0.846. The Labute approximate surface area is 131 Å². The second kappa shape index (κ2) is 6.11. The summed E-state index contributed by atoms with van der Waals surface area (Å²) in [6.07, 6.45) is -2.85. The van der Waals surface area contributed by atoms with E-state index in [-0.39, 0.29) is 6.54 Å². The van der Waals surface area contributed by atoms with Crippen LogP contribution in [-0.2, 0) is 28.3 Å². The topological polar surface area (TPSA) is 84.3 Å². The molecule has 0 spiro atoms. The molecule has 1 atom stereocenters. The molecule has 130 valence electrons. The third-order valence-electron chi connectivity index (χ3n) is 3.63. The third-order valence-corrected chi connectivity index (χ3v) is 4.87. The summed E-state index contributed by atoms with van der Waals surface area (Å²) < 4.78 is 62.9. The lowest BCUT2D eigenvalue weighted by atomic mass is 10.0. The predicted molar refractivity (Wildman–Crippen MR) is 74.9 cm³/mol. The first-order valence-corrected chi connectivity index (χ1v) is 8.67. The number of halogens is 3. The standard InChI is InChI=1S/C12H17F3N4O3S/c1-18-9-3-6-19(23(2,21)22)10(8(9)7-17-18)11(20)16-5-4-12(13,14)15/h7,10H,3-6H2,1-2H3,(H,16,20). The number of nitrogens with zero attached hydrogens (tertiary/aromatic N) is 3. The zero-order valence-electron chi connectivity index (χ0n) is 12.6. The molecular formula is C12H17F3N4O3S. The van der Waals surface area contributed by atoms with Crippen LogP contribution >= 0.6 is 0 Å². The lowest BCUT2D eigenvalue weighted by molar-refractivity contribution is -0.136. The van der Waals surface area contributed by atoms with E-state index >= 15 is 0 Å². The number of amides is 1. The van der Waals surface area contributed by atoms with Gasteiger partial charge in [-0.1, -0.05) is 0 Å². The molecule has 1 aliphatic rings. The molecule has 0 aromatic carbocycles. The molecular weight excluding hydrogens is 337 g/mol. The van der Waals surface area contributed by atoms with Gasteiger partial charge in [0.2, 0.25) is 15.9 Å². The molecule has 1 unspecified atom stereocenters. The molecule has 1 N–H and O–H groups in total. The highest BCUT2D eigenvalue weighted by atomic mass is 32.2. The number of alkyl halides is 3. The van der Waals surface area contributed by atoms with E-state index in [0.29, 0.717) is 17.7 Å². The summed E-state index contributed by atoms with van der Waals surface area (Å²) in [6.45, 7) is -0.533. The average molecular weight is 354 g/mol. The Balaban J connectivity index is 2.25. The Hall–Kier alpha value is -1.62. The van der Waals surface area contributed by atoms with Gasteiger partial charge in [-0.05, 0) is 0 Å². The second-order valence-electron chi connectivity index (χ2n) is 5.35. The molecule has 0 saturated carbocycles. The van der Waals surface area contributed by atoms with Crippen LogP contribution in [0.15, 0.2) is 6.20 Å². The maximum Gasteiger partial charge on any atom is 0.390 e. The van der Waals surface area contributed by atoms with Gasteiger partial charge >= 0.3 is 6.18 Å². The van der Waals surface area contributed by atoms with Crippen LogP contribution < -0.4 is 5.32 Å². The first-order valence-electron chi connectivity index (χ1n) is 6.83. The molecule has 1 aromatic heterocycles. The van der Waals surface area contributed by atoms with Gasteiger partial charge in [-0.3, -0.25) is 9.48 Å². The predicted octanol–water partition coefficient (Wildman–Crippen LogP) is 0.348. The van der Waals surface area contributed by atoms with Crippen LogP contribution in [0.25, 0.3) is 0 Å². The average Bonchev–Trinajstić information content (AvgIpc) is 2.77. The van der Waals surface area contributed by atoms with E-state index in [1.807, 2.05) is 0 Å². The zero-order chi connectivity index (χ0) is 17.4. The summed E-state index contributed by atoms with van der Waals surface area (Å²) in [6, 6.07) is -1.20. The zero-order valence-corrected chi connectivity index (χ0v) is 13.4. The summed E-state index contributed by atoms with van der Waals surface area (Å²) in [5.41, 5.74) is 1.09. The molecule has 7 nitrogen and oxygen atoms in total. The van der Waals surface area contributed by atoms with Crippen LogP contribution in [0.5, 0.6) is 0 Å². The number of hydrogen-bond acceptors (Lipinski definition) is 4. The second-order valence-corrected chi connectivity index (χ2v) is 7.29. The van der Waals surface area contributed by atoms with E-state index in [4.69, 9.17) is 0 Å². The fourth-order valence-electron chi connectivity index (χ4n) is 2.57. The Kier molecular flexibility index (Phi) is 4.71. The lowest BCUT2D eigenvalue weighted by Gasteiger charge is -2.32. The van der Waals surface area contributed by atoms with Crippen LogP contribution in [0.2, 0.25) is 0 Å². The largest absolute Gasteiger partial charge is 0.390 e. The molecule has 0 aliphatic carbocycles. The van der Waals surface area contributed by atoms with Crippen molar-refractivity contribution in [3.63, 3.8) is 0 Å². The summed E-state index contributed by atoms with van der Waals surface area (Å²) in [7, 11) is -2.03. The van der Waals surface area contributed by atoms with Crippen LogP contribution in [0.1, 0.15) is 23.7 Å². The minimum absolute atomic E-state index is 0.0721. The number of aromatic nitrogens is 2. The minimum Gasteiger partial charge on any atom is -0.354 e. The highest BCUT2D eigenvalue weighted by molar-refractivity contribution is 7.88. The van der Waals surface area contributed by atoms with Gasteiger partial charge in [0.05, 0.1) is 18.9 Å². The van der Waals surface area contributed by atoms with E-state index in [1.54, 1.807) is 7.05 Å². The maximum atomic E-state index is 12.3. The lowest BCUT2D eigenvalue weighted by Crippen LogP contribution is -2.47. The molecule has 2 heterocycles. The van der Waals surface area contributed by atoms with E-state index < -0.39 is 41.1 Å². The number of carbonyl (C=O) groups is 1. The number of rotatable bonds is 4. The summed E-state index contributed by atoms with van der Waals surface area (Å²) in [4.78, 5) is 12.3. The Bertz CT molecular complexity index is 699. The summed E-state index contributed by atoms with van der Waals surface area (Å²) >= 11 is 0.